The monoisotopic (exact) mass is 301 g/mol. The molecule has 0 amide bonds. The van der Waals surface area contributed by atoms with Crippen LogP contribution in [0.1, 0.15) is 29.5 Å². The molecule has 0 radical (unpaired) electrons. The zero-order chi connectivity index (χ0) is 12.5. The van der Waals surface area contributed by atoms with Crippen LogP contribution in [0.15, 0.2) is 59.1 Å². The molecule has 2 heteroatoms. The SMILES string of the molecule is NC(c1ccc(Br)cc1)C1CC1c1ccccc1. The average Bonchev–Trinajstić information content (AvgIpc) is 3.20. The molecule has 0 spiro atoms. The van der Waals surface area contributed by atoms with Crippen LogP contribution in [0, 0.1) is 5.92 Å². The number of nitrogens with two attached hydrogens (primary N) is 1. The maximum atomic E-state index is 6.36. The van der Waals surface area contributed by atoms with Crippen LogP contribution >= 0.6 is 15.9 Å². The normalized spacial score (nSPS) is 23.7. The third kappa shape index (κ3) is 2.36. The highest BCUT2D eigenvalue weighted by molar-refractivity contribution is 9.10. The molecule has 2 aromatic carbocycles. The molecule has 0 saturated heterocycles. The first-order chi connectivity index (χ1) is 8.75. The molecule has 0 heterocycles. The van der Waals surface area contributed by atoms with Gasteiger partial charge in [0.1, 0.15) is 0 Å². The van der Waals surface area contributed by atoms with Gasteiger partial charge in [0.2, 0.25) is 0 Å². The van der Waals surface area contributed by atoms with Gasteiger partial charge in [0.25, 0.3) is 0 Å². The molecule has 0 bridgehead atoms. The number of halogens is 1. The summed E-state index contributed by atoms with van der Waals surface area (Å²) < 4.78 is 1.11. The Morgan fingerprint density at radius 2 is 1.67 bits per heavy atom. The first-order valence-electron chi connectivity index (χ1n) is 6.31. The third-order valence-corrected chi connectivity index (χ3v) is 4.31. The van der Waals surface area contributed by atoms with Gasteiger partial charge in [-0.3, -0.25) is 0 Å². The van der Waals surface area contributed by atoms with E-state index < -0.39 is 0 Å². The fraction of sp³-hybridized carbons (Fsp3) is 0.250. The van der Waals surface area contributed by atoms with Gasteiger partial charge < -0.3 is 5.73 Å². The summed E-state index contributed by atoms with van der Waals surface area (Å²) in [6.07, 6.45) is 1.21. The topological polar surface area (TPSA) is 26.0 Å². The van der Waals surface area contributed by atoms with Crippen LogP contribution in [0.3, 0.4) is 0 Å². The van der Waals surface area contributed by atoms with E-state index in [1.807, 2.05) is 0 Å². The lowest BCUT2D eigenvalue weighted by Crippen LogP contribution is -2.13. The minimum atomic E-state index is 0.156. The summed E-state index contributed by atoms with van der Waals surface area (Å²) in [7, 11) is 0. The van der Waals surface area contributed by atoms with Gasteiger partial charge in [-0.2, -0.15) is 0 Å². The van der Waals surface area contributed by atoms with Crippen molar-refractivity contribution in [1.29, 1.82) is 0 Å². The van der Waals surface area contributed by atoms with E-state index in [1.54, 1.807) is 0 Å². The van der Waals surface area contributed by atoms with Gasteiger partial charge in [-0.1, -0.05) is 58.4 Å². The van der Waals surface area contributed by atoms with Crippen molar-refractivity contribution in [1.82, 2.24) is 0 Å². The van der Waals surface area contributed by atoms with E-state index in [2.05, 4.69) is 70.5 Å². The molecular formula is C16H16BrN. The molecule has 1 saturated carbocycles. The van der Waals surface area contributed by atoms with Crippen LogP contribution in [0.2, 0.25) is 0 Å². The van der Waals surface area contributed by atoms with Crippen molar-refractivity contribution in [2.24, 2.45) is 11.7 Å². The summed E-state index contributed by atoms with van der Waals surface area (Å²) in [5.74, 6) is 1.23. The van der Waals surface area contributed by atoms with Crippen molar-refractivity contribution in [3.8, 4) is 0 Å². The van der Waals surface area contributed by atoms with Crippen LogP contribution in [0.25, 0.3) is 0 Å². The van der Waals surface area contributed by atoms with Crippen LogP contribution in [-0.2, 0) is 0 Å². The molecule has 3 unspecified atom stereocenters. The second-order valence-electron chi connectivity index (χ2n) is 4.99. The highest BCUT2D eigenvalue weighted by Gasteiger charge is 2.42. The van der Waals surface area contributed by atoms with Crippen molar-refractivity contribution in [3.63, 3.8) is 0 Å². The predicted molar refractivity (Wildman–Crippen MR) is 78.4 cm³/mol. The lowest BCUT2D eigenvalue weighted by Gasteiger charge is -2.12. The maximum Gasteiger partial charge on any atom is 0.0329 e. The second kappa shape index (κ2) is 4.87. The maximum absolute atomic E-state index is 6.36. The Morgan fingerprint density at radius 3 is 2.33 bits per heavy atom. The van der Waals surface area contributed by atoms with Gasteiger partial charge in [0.05, 0.1) is 0 Å². The van der Waals surface area contributed by atoms with Gasteiger partial charge in [-0.25, -0.2) is 0 Å². The van der Waals surface area contributed by atoms with E-state index in [0.717, 1.165) is 4.47 Å². The Hall–Kier alpha value is -1.12. The molecular weight excluding hydrogens is 286 g/mol. The van der Waals surface area contributed by atoms with Gasteiger partial charge in [-0.05, 0) is 41.5 Å². The zero-order valence-electron chi connectivity index (χ0n) is 10.1. The van der Waals surface area contributed by atoms with E-state index in [-0.39, 0.29) is 6.04 Å². The Balaban J connectivity index is 1.73. The largest absolute Gasteiger partial charge is 0.324 e. The van der Waals surface area contributed by atoms with Crippen molar-refractivity contribution < 1.29 is 0 Å². The van der Waals surface area contributed by atoms with Crippen LogP contribution in [-0.4, -0.2) is 0 Å². The number of hydrogen-bond donors (Lipinski definition) is 1. The van der Waals surface area contributed by atoms with Gasteiger partial charge in [0.15, 0.2) is 0 Å². The highest BCUT2D eigenvalue weighted by atomic mass is 79.9. The van der Waals surface area contributed by atoms with Crippen molar-refractivity contribution in [2.45, 2.75) is 18.4 Å². The smallest absolute Gasteiger partial charge is 0.0329 e. The molecule has 0 aliphatic heterocycles. The molecule has 2 aromatic rings. The summed E-state index contributed by atoms with van der Waals surface area (Å²) in [5.41, 5.74) is 9.03. The van der Waals surface area contributed by atoms with Gasteiger partial charge in [-0.15, -0.1) is 0 Å². The Kier molecular flexibility index (Phi) is 3.23. The molecule has 0 aromatic heterocycles. The first kappa shape index (κ1) is 11.9. The summed E-state index contributed by atoms with van der Waals surface area (Å²) in [6.45, 7) is 0. The number of rotatable bonds is 3. The van der Waals surface area contributed by atoms with Crippen LogP contribution in [0.4, 0.5) is 0 Å². The molecule has 3 rings (SSSR count). The van der Waals surface area contributed by atoms with Crippen LogP contribution < -0.4 is 5.73 Å². The molecule has 1 aliphatic rings. The molecule has 92 valence electrons. The summed E-state index contributed by atoms with van der Waals surface area (Å²) in [4.78, 5) is 0. The highest BCUT2D eigenvalue weighted by Crippen LogP contribution is 2.53. The number of hydrogen-bond acceptors (Lipinski definition) is 1. The molecule has 18 heavy (non-hydrogen) atoms. The fourth-order valence-electron chi connectivity index (χ4n) is 2.63. The minimum absolute atomic E-state index is 0.156. The minimum Gasteiger partial charge on any atom is -0.324 e. The van der Waals surface area contributed by atoms with E-state index in [9.17, 15) is 0 Å². The summed E-state index contributed by atoms with van der Waals surface area (Å²) >= 11 is 3.45. The molecule has 2 N–H and O–H groups in total. The molecule has 3 atom stereocenters. The molecule has 1 nitrogen and oxygen atoms in total. The quantitative estimate of drug-likeness (QED) is 0.901. The predicted octanol–water partition coefficient (Wildman–Crippen LogP) is 4.25. The summed E-state index contributed by atoms with van der Waals surface area (Å²) in [5, 5.41) is 0. The second-order valence-corrected chi connectivity index (χ2v) is 5.91. The lowest BCUT2D eigenvalue weighted by atomic mass is 10.00. The fourth-order valence-corrected chi connectivity index (χ4v) is 2.89. The Labute approximate surface area is 116 Å². The summed E-state index contributed by atoms with van der Waals surface area (Å²) in [6, 6.07) is 19.2. The first-order valence-corrected chi connectivity index (χ1v) is 7.11. The van der Waals surface area contributed by atoms with E-state index in [0.29, 0.717) is 11.8 Å². The lowest BCUT2D eigenvalue weighted by molar-refractivity contribution is 0.615. The van der Waals surface area contributed by atoms with E-state index in [1.165, 1.54) is 17.5 Å². The molecule has 1 fully saturated rings. The standard InChI is InChI=1S/C16H16BrN/c17-13-8-6-12(7-9-13)16(18)15-10-14(15)11-4-2-1-3-5-11/h1-9,14-16H,10,18H2. The Morgan fingerprint density at radius 1 is 1.00 bits per heavy atom. The van der Waals surface area contributed by atoms with Gasteiger partial charge in [0, 0.05) is 10.5 Å². The Bertz CT molecular complexity index is 521. The van der Waals surface area contributed by atoms with Crippen molar-refractivity contribution in [3.05, 3.63) is 70.2 Å². The van der Waals surface area contributed by atoms with E-state index >= 15 is 0 Å². The zero-order valence-corrected chi connectivity index (χ0v) is 11.7. The van der Waals surface area contributed by atoms with Crippen LogP contribution in [0.5, 0.6) is 0 Å². The van der Waals surface area contributed by atoms with Crippen molar-refractivity contribution >= 4 is 15.9 Å². The molecule has 1 aliphatic carbocycles. The third-order valence-electron chi connectivity index (χ3n) is 3.78. The van der Waals surface area contributed by atoms with Crippen molar-refractivity contribution in [2.75, 3.05) is 0 Å². The average molecular weight is 302 g/mol. The van der Waals surface area contributed by atoms with E-state index in [4.69, 9.17) is 5.73 Å². The van der Waals surface area contributed by atoms with Gasteiger partial charge >= 0.3 is 0 Å². The number of benzene rings is 2.